The molecule has 25 heavy (non-hydrogen) atoms. The van der Waals surface area contributed by atoms with E-state index in [1.165, 1.54) is 16.7 Å². The largest absolute Gasteiger partial charge is 0.272 e. The van der Waals surface area contributed by atoms with Crippen LogP contribution in [-0.2, 0) is 9.59 Å². The predicted molar refractivity (Wildman–Crippen MR) is 108 cm³/mol. The molecule has 2 amide bonds. The topological polar surface area (TPSA) is 37.4 Å². The van der Waals surface area contributed by atoms with Crippen molar-refractivity contribution in [2.75, 3.05) is 10.7 Å². The number of halogens is 1. The van der Waals surface area contributed by atoms with E-state index < -0.39 is 0 Å². The molecule has 0 radical (unpaired) electrons. The third-order valence-electron chi connectivity index (χ3n) is 4.21. The van der Waals surface area contributed by atoms with Crippen LogP contribution in [0.1, 0.15) is 23.6 Å². The Morgan fingerprint density at radius 1 is 0.960 bits per heavy atom. The SMILES string of the molecule is CCSC1=C(c2ccc(C)c(C)c2)C(=O)N(c2ccc(Br)cc2)C1=O. The van der Waals surface area contributed by atoms with Gasteiger partial charge in [-0.25, -0.2) is 4.90 Å². The molecule has 128 valence electrons. The number of imide groups is 1. The van der Waals surface area contributed by atoms with Crippen LogP contribution >= 0.6 is 27.7 Å². The number of carbonyl (C=O) groups is 2. The van der Waals surface area contributed by atoms with Crippen LogP contribution in [0.15, 0.2) is 51.8 Å². The molecule has 1 aliphatic rings. The minimum atomic E-state index is -0.258. The van der Waals surface area contributed by atoms with Gasteiger partial charge in [-0.05, 0) is 60.6 Å². The number of nitrogens with zero attached hydrogens (tertiary/aromatic N) is 1. The third kappa shape index (κ3) is 3.31. The lowest BCUT2D eigenvalue weighted by molar-refractivity contribution is -0.119. The van der Waals surface area contributed by atoms with E-state index in [0.717, 1.165) is 26.9 Å². The molecule has 0 saturated carbocycles. The summed E-state index contributed by atoms with van der Waals surface area (Å²) in [5.74, 6) is 0.232. The zero-order valence-corrected chi connectivity index (χ0v) is 16.7. The van der Waals surface area contributed by atoms with Crippen molar-refractivity contribution in [2.24, 2.45) is 0 Å². The monoisotopic (exact) mass is 415 g/mol. The second kappa shape index (κ2) is 7.18. The van der Waals surface area contributed by atoms with E-state index in [4.69, 9.17) is 0 Å². The molecule has 3 rings (SSSR count). The van der Waals surface area contributed by atoms with E-state index in [1.54, 1.807) is 12.1 Å². The Labute approximate surface area is 160 Å². The molecule has 0 saturated heterocycles. The quantitative estimate of drug-likeness (QED) is 0.651. The van der Waals surface area contributed by atoms with Crippen molar-refractivity contribution in [3.05, 3.63) is 68.5 Å². The van der Waals surface area contributed by atoms with Gasteiger partial charge >= 0.3 is 0 Å². The first-order chi connectivity index (χ1) is 11.9. The van der Waals surface area contributed by atoms with Gasteiger partial charge in [0.05, 0.1) is 16.2 Å². The molecule has 0 bridgehead atoms. The smallest absolute Gasteiger partial charge is 0.268 e. The van der Waals surface area contributed by atoms with Crippen molar-refractivity contribution in [2.45, 2.75) is 20.8 Å². The zero-order valence-electron chi connectivity index (χ0n) is 14.3. The molecule has 0 N–H and O–H groups in total. The Morgan fingerprint density at radius 3 is 2.24 bits per heavy atom. The van der Waals surface area contributed by atoms with Gasteiger partial charge in [-0.2, -0.15) is 0 Å². The van der Waals surface area contributed by atoms with E-state index in [2.05, 4.69) is 15.9 Å². The second-order valence-corrected chi connectivity index (χ2v) is 8.05. The lowest BCUT2D eigenvalue weighted by Gasteiger charge is -2.15. The molecule has 1 aliphatic heterocycles. The van der Waals surface area contributed by atoms with Gasteiger partial charge in [0.1, 0.15) is 0 Å². The van der Waals surface area contributed by atoms with Gasteiger partial charge in [-0.15, -0.1) is 11.8 Å². The fourth-order valence-electron chi connectivity index (χ4n) is 2.76. The van der Waals surface area contributed by atoms with Gasteiger partial charge in [-0.1, -0.05) is 41.1 Å². The van der Waals surface area contributed by atoms with E-state index in [0.29, 0.717) is 16.2 Å². The van der Waals surface area contributed by atoms with Gasteiger partial charge in [0.15, 0.2) is 0 Å². The number of aryl methyl sites for hydroxylation is 2. The molecule has 0 fully saturated rings. The fraction of sp³-hybridized carbons (Fsp3) is 0.200. The Hall–Kier alpha value is -1.85. The number of benzene rings is 2. The molecule has 5 heteroatoms. The summed E-state index contributed by atoms with van der Waals surface area (Å²) in [5, 5.41) is 0. The van der Waals surface area contributed by atoms with E-state index in [1.807, 2.05) is 51.1 Å². The van der Waals surface area contributed by atoms with Crippen LogP contribution in [0.5, 0.6) is 0 Å². The number of thioether (sulfide) groups is 1. The number of amides is 2. The average Bonchev–Trinajstić information content (AvgIpc) is 2.82. The molecular formula is C20H18BrNO2S. The van der Waals surface area contributed by atoms with Crippen LogP contribution in [0, 0.1) is 13.8 Å². The number of anilines is 1. The first kappa shape index (κ1) is 18.0. The summed E-state index contributed by atoms with van der Waals surface area (Å²) in [6.45, 7) is 6.03. The maximum absolute atomic E-state index is 13.1. The summed E-state index contributed by atoms with van der Waals surface area (Å²) >= 11 is 4.81. The molecule has 0 aromatic heterocycles. The van der Waals surface area contributed by atoms with Crippen LogP contribution in [0.2, 0.25) is 0 Å². The first-order valence-corrected chi connectivity index (χ1v) is 9.81. The molecular weight excluding hydrogens is 398 g/mol. The van der Waals surface area contributed by atoms with Gasteiger partial charge in [0, 0.05) is 4.47 Å². The van der Waals surface area contributed by atoms with Gasteiger partial charge in [-0.3, -0.25) is 9.59 Å². The fourth-order valence-corrected chi connectivity index (χ4v) is 3.88. The molecule has 1 heterocycles. The van der Waals surface area contributed by atoms with Crippen LogP contribution < -0.4 is 4.90 Å². The van der Waals surface area contributed by atoms with Crippen LogP contribution in [0.4, 0.5) is 5.69 Å². The maximum Gasteiger partial charge on any atom is 0.272 e. The standard InChI is InChI=1S/C20H18BrNO2S/c1-4-25-18-17(14-6-5-12(2)13(3)11-14)19(23)22(20(18)24)16-9-7-15(21)8-10-16/h5-11H,4H2,1-3H3. The van der Waals surface area contributed by atoms with E-state index in [-0.39, 0.29) is 11.8 Å². The van der Waals surface area contributed by atoms with Crippen LogP contribution in [0.3, 0.4) is 0 Å². The van der Waals surface area contributed by atoms with Gasteiger partial charge < -0.3 is 0 Å². The van der Waals surface area contributed by atoms with Crippen LogP contribution in [-0.4, -0.2) is 17.6 Å². The minimum Gasteiger partial charge on any atom is -0.268 e. The first-order valence-electron chi connectivity index (χ1n) is 8.03. The summed E-state index contributed by atoms with van der Waals surface area (Å²) in [5.41, 5.74) is 4.16. The molecule has 0 atom stereocenters. The molecule has 2 aromatic rings. The number of hydrogen-bond donors (Lipinski definition) is 0. The summed E-state index contributed by atoms with van der Waals surface area (Å²) in [4.78, 5) is 27.8. The maximum atomic E-state index is 13.1. The van der Waals surface area contributed by atoms with Crippen molar-refractivity contribution in [1.82, 2.24) is 0 Å². The Morgan fingerprint density at radius 2 is 1.64 bits per heavy atom. The molecule has 2 aromatic carbocycles. The average molecular weight is 416 g/mol. The van der Waals surface area contributed by atoms with Crippen molar-refractivity contribution < 1.29 is 9.59 Å². The highest BCUT2D eigenvalue weighted by atomic mass is 79.9. The van der Waals surface area contributed by atoms with E-state index in [9.17, 15) is 9.59 Å². The molecule has 0 unspecified atom stereocenters. The summed E-state index contributed by atoms with van der Waals surface area (Å²) in [7, 11) is 0. The number of carbonyl (C=O) groups excluding carboxylic acids is 2. The molecule has 3 nitrogen and oxygen atoms in total. The Kier molecular flexibility index (Phi) is 5.16. The van der Waals surface area contributed by atoms with Crippen molar-refractivity contribution in [1.29, 1.82) is 0 Å². The predicted octanol–water partition coefficient (Wildman–Crippen LogP) is 5.10. The van der Waals surface area contributed by atoms with Crippen molar-refractivity contribution in [3.63, 3.8) is 0 Å². The Bertz CT molecular complexity index is 887. The zero-order chi connectivity index (χ0) is 18.1. The van der Waals surface area contributed by atoms with E-state index >= 15 is 0 Å². The van der Waals surface area contributed by atoms with Gasteiger partial charge in [0.25, 0.3) is 11.8 Å². The number of rotatable bonds is 4. The summed E-state index contributed by atoms with van der Waals surface area (Å²) in [6, 6.07) is 13.1. The highest BCUT2D eigenvalue weighted by Gasteiger charge is 2.39. The normalized spacial score (nSPS) is 14.6. The molecule has 0 spiro atoms. The molecule has 0 aliphatic carbocycles. The van der Waals surface area contributed by atoms with Crippen LogP contribution in [0.25, 0.3) is 5.57 Å². The second-order valence-electron chi connectivity index (χ2n) is 5.86. The number of hydrogen-bond acceptors (Lipinski definition) is 3. The van der Waals surface area contributed by atoms with Gasteiger partial charge in [0.2, 0.25) is 0 Å². The highest BCUT2D eigenvalue weighted by molar-refractivity contribution is 9.10. The minimum absolute atomic E-state index is 0.243. The highest BCUT2D eigenvalue weighted by Crippen LogP contribution is 2.38. The lowest BCUT2D eigenvalue weighted by Crippen LogP contribution is -2.31. The van der Waals surface area contributed by atoms with Crippen molar-refractivity contribution in [3.8, 4) is 0 Å². The summed E-state index contributed by atoms with van der Waals surface area (Å²) in [6.07, 6.45) is 0. The summed E-state index contributed by atoms with van der Waals surface area (Å²) < 4.78 is 0.904. The lowest BCUT2D eigenvalue weighted by atomic mass is 10.0. The third-order valence-corrected chi connectivity index (χ3v) is 5.70. The Balaban J connectivity index is 2.10. The van der Waals surface area contributed by atoms with Crippen molar-refractivity contribution >= 4 is 50.8 Å².